The van der Waals surface area contributed by atoms with E-state index in [0.29, 0.717) is 0 Å². The van der Waals surface area contributed by atoms with E-state index in [9.17, 15) is 10.1 Å². The second-order valence-corrected chi connectivity index (χ2v) is 7.35. The molecule has 1 aliphatic heterocycles. The summed E-state index contributed by atoms with van der Waals surface area (Å²) in [6.07, 6.45) is 3.76. The van der Waals surface area contributed by atoms with Gasteiger partial charge in [-0.3, -0.25) is 15.0 Å². The number of likely N-dealkylation sites (N-methyl/N-ethyl adjacent to an activating group) is 1. The molecule has 1 unspecified atom stereocenters. The smallest absolute Gasteiger partial charge is 0.271 e. The number of hydrogen-bond donors (Lipinski definition) is 0. The van der Waals surface area contributed by atoms with Gasteiger partial charge in [0.15, 0.2) is 0 Å². The molecule has 1 aliphatic rings. The molecule has 1 saturated heterocycles. The van der Waals surface area contributed by atoms with E-state index >= 15 is 0 Å². The Hall–Kier alpha value is -1.99. The summed E-state index contributed by atoms with van der Waals surface area (Å²) < 4.78 is 2.27. The van der Waals surface area contributed by atoms with Gasteiger partial charge in [-0.15, -0.1) is 0 Å². The lowest BCUT2D eigenvalue weighted by molar-refractivity contribution is -0.384. The zero-order chi connectivity index (χ0) is 19.4. The van der Waals surface area contributed by atoms with Crippen LogP contribution in [-0.4, -0.2) is 57.0 Å². The molecule has 0 spiro atoms. The summed E-state index contributed by atoms with van der Waals surface area (Å²) >= 11 is 0. The lowest BCUT2D eigenvalue weighted by Crippen LogP contribution is -2.34. The van der Waals surface area contributed by atoms with E-state index in [1.807, 2.05) is 6.07 Å². The zero-order valence-electron chi connectivity index (χ0n) is 16.7. The molecule has 0 radical (unpaired) electrons. The third-order valence-corrected chi connectivity index (χ3v) is 5.82. The molecule has 0 amide bonds. The highest BCUT2D eigenvalue weighted by Crippen LogP contribution is 2.29. The summed E-state index contributed by atoms with van der Waals surface area (Å²) in [7, 11) is 0. The minimum Gasteiger partial charge on any atom is -0.325 e. The minimum atomic E-state index is -0.345. The number of likely N-dealkylation sites (tertiary alicyclic amines) is 1. The summed E-state index contributed by atoms with van der Waals surface area (Å²) in [6.45, 7) is 12.6. The molecule has 0 saturated carbocycles. The zero-order valence-corrected chi connectivity index (χ0v) is 16.7. The molecule has 7 nitrogen and oxygen atoms in total. The highest BCUT2D eigenvalue weighted by atomic mass is 16.6. The van der Waals surface area contributed by atoms with Gasteiger partial charge in [0.1, 0.15) is 5.82 Å². The molecule has 27 heavy (non-hydrogen) atoms. The molecular formula is C20H31N5O2. The quantitative estimate of drug-likeness (QED) is 0.520. The standard InChI is InChI=1S/C20H31N5O2/c1-4-22(5-2)13-14-24-19-10-9-17(25(26)27)15-18(19)21-20(24)16(3)23-11-7-6-8-12-23/h9-10,15-16H,4-8,11-14H2,1-3H3. The van der Waals surface area contributed by atoms with E-state index in [2.05, 4.69) is 35.1 Å². The van der Waals surface area contributed by atoms with Crippen molar-refractivity contribution >= 4 is 16.7 Å². The number of imidazole rings is 1. The Morgan fingerprint density at radius 1 is 1.22 bits per heavy atom. The van der Waals surface area contributed by atoms with Gasteiger partial charge >= 0.3 is 0 Å². The van der Waals surface area contributed by atoms with Gasteiger partial charge in [-0.05, 0) is 52.0 Å². The predicted molar refractivity (Wildman–Crippen MR) is 108 cm³/mol. The summed E-state index contributed by atoms with van der Waals surface area (Å²) in [5, 5.41) is 11.2. The van der Waals surface area contributed by atoms with Crippen molar-refractivity contribution in [1.29, 1.82) is 0 Å². The molecule has 1 fully saturated rings. The molecule has 7 heteroatoms. The molecule has 148 valence electrons. The van der Waals surface area contributed by atoms with Gasteiger partial charge < -0.3 is 9.47 Å². The molecule has 1 atom stereocenters. The van der Waals surface area contributed by atoms with Gasteiger partial charge in [0, 0.05) is 25.2 Å². The van der Waals surface area contributed by atoms with Gasteiger partial charge in [0.25, 0.3) is 5.69 Å². The Bertz CT molecular complexity index is 778. The van der Waals surface area contributed by atoms with Crippen LogP contribution in [0.3, 0.4) is 0 Å². The van der Waals surface area contributed by atoms with Crippen LogP contribution in [0.4, 0.5) is 5.69 Å². The van der Waals surface area contributed by atoms with Crippen molar-refractivity contribution in [1.82, 2.24) is 19.4 Å². The maximum Gasteiger partial charge on any atom is 0.271 e. The second kappa shape index (κ2) is 8.80. The van der Waals surface area contributed by atoms with Gasteiger partial charge in [0.05, 0.1) is 22.0 Å². The van der Waals surface area contributed by atoms with E-state index in [4.69, 9.17) is 4.98 Å². The molecule has 3 rings (SSSR count). The number of non-ortho nitro benzene ring substituents is 1. The molecule has 1 aromatic heterocycles. The Balaban J connectivity index is 1.97. The summed E-state index contributed by atoms with van der Waals surface area (Å²) in [5.74, 6) is 1.03. The maximum absolute atomic E-state index is 11.2. The normalized spacial score (nSPS) is 16.9. The number of benzene rings is 1. The number of nitro benzene ring substituents is 1. The van der Waals surface area contributed by atoms with E-state index in [1.165, 1.54) is 19.3 Å². The van der Waals surface area contributed by atoms with Gasteiger partial charge in [-0.2, -0.15) is 0 Å². The first kappa shape index (κ1) is 19.8. The predicted octanol–water partition coefficient (Wildman–Crippen LogP) is 3.83. The summed E-state index contributed by atoms with van der Waals surface area (Å²) in [6, 6.07) is 5.27. The molecule has 0 aliphatic carbocycles. The van der Waals surface area contributed by atoms with Gasteiger partial charge in [-0.25, -0.2) is 4.98 Å². The van der Waals surface area contributed by atoms with E-state index < -0.39 is 0 Å². The van der Waals surface area contributed by atoms with Gasteiger partial charge in [-0.1, -0.05) is 20.3 Å². The maximum atomic E-state index is 11.2. The van der Waals surface area contributed by atoms with Crippen LogP contribution in [0, 0.1) is 10.1 Å². The molecule has 0 N–H and O–H groups in total. The van der Waals surface area contributed by atoms with Crippen LogP contribution in [0.15, 0.2) is 18.2 Å². The van der Waals surface area contributed by atoms with Crippen molar-refractivity contribution in [3.8, 4) is 0 Å². The fourth-order valence-electron chi connectivity index (χ4n) is 4.05. The lowest BCUT2D eigenvalue weighted by atomic mass is 10.1. The topological polar surface area (TPSA) is 67.4 Å². The highest BCUT2D eigenvalue weighted by molar-refractivity contribution is 5.78. The second-order valence-electron chi connectivity index (χ2n) is 7.35. The van der Waals surface area contributed by atoms with Crippen molar-refractivity contribution < 1.29 is 4.92 Å². The van der Waals surface area contributed by atoms with Crippen molar-refractivity contribution in [2.45, 2.75) is 52.6 Å². The first-order valence-corrected chi connectivity index (χ1v) is 10.2. The molecular weight excluding hydrogens is 342 g/mol. The van der Waals surface area contributed by atoms with Crippen molar-refractivity contribution in [3.63, 3.8) is 0 Å². The molecule has 1 aromatic carbocycles. The van der Waals surface area contributed by atoms with Crippen LogP contribution in [-0.2, 0) is 6.54 Å². The number of nitrogens with zero attached hydrogens (tertiary/aromatic N) is 5. The largest absolute Gasteiger partial charge is 0.325 e. The summed E-state index contributed by atoms with van der Waals surface area (Å²) in [4.78, 5) is 20.6. The monoisotopic (exact) mass is 373 g/mol. The van der Waals surface area contributed by atoms with Crippen LogP contribution in [0.5, 0.6) is 0 Å². The van der Waals surface area contributed by atoms with E-state index in [-0.39, 0.29) is 16.7 Å². The van der Waals surface area contributed by atoms with E-state index in [0.717, 1.165) is 56.1 Å². The van der Waals surface area contributed by atoms with Crippen LogP contribution < -0.4 is 0 Å². The SMILES string of the molecule is CCN(CC)CCn1c(C(C)N2CCCCC2)nc2cc([N+](=O)[O-])ccc21. The first-order chi connectivity index (χ1) is 13.0. The van der Waals surface area contributed by atoms with E-state index in [1.54, 1.807) is 12.1 Å². The fraction of sp³-hybridized carbons (Fsp3) is 0.650. The van der Waals surface area contributed by atoms with Crippen molar-refractivity contribution in [2.24, 2.45) is 0 Å². The number of nitro groups is 1. The number of rotatable bonds is 8. The van der Waals surface area contributed by atoms with Crippen LogP contribution in [0.2, 0.25) is 0 Å². The minimum absolute atomic E-state index is 0.105. The average Bonchev–Trinajstić information content (AvgIpc) is 3.06. The molecule has 2 aromatic rings. The third kappa shape index (κ3) is 4.30. The first-order valence-electron chi connectivity index (χ1n) is 10.2. The Labute approximate surface area is 161 Å². The van der Waals surface area contributed by atoms with Crippen molar-refractivity contribution in [2.75, 3.05) is 32.7 Å². The Morgan fingerprint density at radius 3 is 2.56 bits per heavy atom. The summed E-state index contributed by atoms with van der Waals surface area (Å²) in [5.41, 5.74) is 1.82. The Kier molecular flexibility index (Phi) is 6.44. The Morgan fingerprint density at radius 2 is 1.93 bits per heavy atom. The van der Waals surface area contributed by atoms with Crippen LogP contribution in [0.25, 0.3) is 11.0 Å². The lowest BCUT2D eigenvalue weighted by Gasteiger charge is -2.32. The average molecular weight is 374 g/mol. The number of hydrogen-bond acceptors (Lipinski definition) is 5. The molecule has 0 bridgehead atoms. The highest BCUT2D eigenvalue weighted by Gasteiger charge is 2.24. The molecule has 2 heterocycles. The number of fused-ring (bicyclic) bond motifs is 1. The number of aromatic nitrogens is 2. The van der Waals surface area contributed by atoms with Crippen molar-refractivity contribution in [3.05, 3.63) is 34.1 Å². The van der Waals surface area contributed by atoms with Gasteiger partial charge in [0.2, 0.25) is 0 Å². The fourth-order valence-corrected chi connectivity index (χ4v) is 4.05. The van der Waals surface area contributed by atoms with Crippen LogP contribution >= 0.6 is 0 Å². The van der Waals surface area contributed by atoms with Crippen LogP contribution in [0.1, 0.15) is 51.9 Å². The third-order valence-electron chi connectivity index (χ3n) is 5.82. The number of piperidine rings is 1.